The normalized spacial score (nSPS) is 27.5. The lowest BCUT2D eigenvalue weighted by atomic mass is 9.96. The number of aliphatic hydroxyl groups is 11. The highest BCUT2D eigenvalue weighted by Crippen LogP contribution is 2.33. The lowest BCUT2D eigenvalue weighted by molar-refractivity contribution is -0.379. The van der Waals surface area contributed by atoms with Gasteiger partial charge in [-0.1, -0.05) is 288 Å². The molecule has 94 heavy (non-hydrogen) atoms. The van der Waals surface area contributed by atoms with Gasteiger partial charge >= 0.3 is 0 Å². The van der Waals surface area contributed by atoms with Crippen LogP contribution in [-0.4, -0.2) is 193 Å². The zero-order chi connectivity index (χ0) is 68.2. The van der Waals surface area contributed by atoms with E-state index in [4.69, 9.17) is 28.4 Å². The molecular formula is C75H139NO18. The fourth-order valence-corrected chi connectivity index (χ4v) is 13.0. The van der Waals surface area contributed by atoms with Crippen molar-refractivity contribution in [2.45, 2.75) is 407 Å². The molecule has 552 valence electrons. The minimum absolute atomic E-state index is 0.236. The maximum absolute atomic E-state index is 13.4. The Bertz CT molecular complexity index is 1840. The number of carbonyl (C=O) groups excluding carboxylic acids is 1. The maximum atomic E-state index is 13.4. The second-order valence-electron chi connectivity index (χ2n) is 27.5. The maximum Gasteiger partial charge on any atom is 0.220 e. The molecule has 3 heterocycles. The average Bonchev–Trinajstić information content (AvgIpc) is 0.787. The Hall–Kier alpha value is -1.99. The molecular weight excluding hydrogens is 1200 g/mol. The number of hydrogen-bond donors (Lipinski definition) is 12. The summed E-state index contributed by atoms with van der Waals surface area (Å²) in [5.41, 5.74) is 0. The third-order valence-electron chi connectivity index (χ3n) is 19.2. The summed E-state index contributed by atoms with van der Waals surface area (Å²) in [6.45, 7) is 1.75. The quantitative estimate of drug-likeness (QED) is 0.0199. The molecule has 0 bridgehead atoms. The van der Waals surface area contributed by atoms with E-state index in [1.54, 1.807) is 6.08 Å². The summed E-state index contributed by atoms with van der Waals surface area (Å²) in [6, 6.07) is -0.995. The fourth-order valence-electron chi connectivity index (χ4n) is 13.0. The van der Waals surface area contributed by atoms with Crippen molar-refractivity contribution >= 4 is 5.91 Å². The number of hydrogen-bond acceptors (Lipinski definition) is 18. The van der Waals surface area contributed by atoms with Gasteiger partial charge < -0.3 is 89.9 Å². The molecule has 0 aromatic carbocycles. The van der Waals surface area contributed by atoms with Crippen molar-refractivity contribution in [2.75, 3.05) is 26.4 Å². The van der Waals surface area contributed by atoms with Crippen LogP contribution in [0.2, 0.25) is 0 Å². The second kappa shape index (κ2) is 56.7. The Morgan fingerprint density at radius 2 is 0.681 bits per heavy atom. The molecule has 3 aliphatic heterocycles. The topological polar surface area (TPSA) is 307 Å². The molecule has 19 nitrogen and oxygen atoms in total. The molecule has 0 saturated carbocycles. The predicted molar refractivity (Wildman–Crippen MR) is 369 cm³/mol. The van der Waals surface area contributed by atoms with E-state index in [-0.39, 0.29) is 18.9 Å². The molecule has 0 aliphatic carbocycles. The number of ether oxygens (including phenoxy) is 6. The molecule has 3 saturated heterocycles. The van der Waals surface area contributed by atoms with Gasteiger partial charge in [0.05, 0.1) is 38.6 Å². The third-order valence-corrected chi connectivity index (χ3v) is 19.2. The highest BCUT2D eigenvalue weighted by molar-refractivity contribution is 5.76. The smallest absolute Gasteiger partial charge is 0.220 e. The van der Waals surface area contributed by atoms with Crippen molar-refractivity contribution in [3.63, 3.8) is 0 Å². The molecule has 17 unspecified atom stereocenters. The SMILES string of the molecule is CCCCCCCCCCCCCCC/C=C/CC/C=C/CC/C=C/C(O)C(COC1OC(CO)C(OC2OC(CO)C(OC3OC(CO)C(O)C(O)C3O)C(O)C2O)C(O)C1O)NC(=O)CCCCCCCCCCCCCCCCCCCCCCCCCCCC. The first kappa shape index (κ1) is 86.2. The molecule has 0 radical (unpaired) electrons. The van der Waals surface area contributed by atoms with Crippen LogP contribution in [0.15, 0.2) is 36.5 Å². The van der Waals surface area contributed by atoms with Crippen molar-refractivity contribution in [1.82, 2.24) is 5.32 Å². The zero-order valence-electron chi connectivity index (χ0n) is 58.7. The van der Waals surface area contributed by atoms with Gasteiger partial charge in [-0.3, -0.25) is 4.79 Å². The molecule has 0 aromatic heterocycles. The Kier molecular flexibility index (Phi) is 52.0. The Morgan fingerprint density at radius 1 is 0.372 bits per heavy atom. The lowest BCUT2D eigenvalue weighted by Gasteiger charge is -2.48. The minimum Gasteiger partial charge on any atom is -0.394 e. The highest BCUT2D eigenvalue weighted by atomic mass is 16.8. The van der Waals surface area contributed by atoms with Gasteiger partial charge in [0.15, 0.2) is 18.9 Å². The third kappa shape index (κ3) is 37.4. The summed E-state index contributed by atoms with van der Waals surface area (Å²) in [5.74, 6) is -0.284. The van der Waals surface area contributed by atoms with Crippen molar-refractivity contribution < 1.29 is 89.4 Å². The summed E-state index contributed by atoms with van der Waals surface area (Å²) in [7, 11) is 0. The number of amides is 1. The number of nitrogens with one attached hydrogen (secondary N) is 1. The van der Waals surface area contributed by atoms with Crippen LogP contribution in [-0.2, 0) is 33.2 Å². The van der Waals surface area contributed by atoms with Crippen molar-refractivity contribution in [2.24, 2.45) is 0 Å². The van der Waals surface area contributed by atoms with E-state index in [1.807, 2.05) is 6.08 Å². The summed E-state index contributed by atoms with van der Waals surface area (Å²) in [5, 5.41) is 121. The Morgan fingerprint density at radius 3 is 1.06 bits per heavy atom. The molecule has 19 heteroatoms. The first-order valence-electron chi connectivity index (χ1n) is 38.2. The fraction of sp³-hybridized carbons (Fsp3) is 0.907. The van der Waals surface area contributed by atoms with E-state index in [2.05, 4.69) is 43.5 Å². The average molecular weight is 1340 g/mol. The number of aliphatic hydroxyl groups excluding tert-OH is 11. The van der Waals surface area contributed by atoms with Crippen molar-refractivity contribution in [1.29, 1.82) is 0 Å². The van der Waals surface area contributed by atoms with Crippen LogP contribution in [0.3, 0.4) is 0 Å². The van der Waals surface area contributed by atoms with E-state index < -0.39 is 124 Å². The van der Waals surface area contributed by atoms with Gasteiger partial charge in [0.25, 0.3) is 0 Å². The van der Waals surface area contributed by atoms with Crippen LogP contribution in [0, 0.1) is 0 Å². The first-order valence-corrected chi connectivity index (χ1v) is 38.2. The summed E-state index contributed by atoms with van der Waals surface area (Å²) in [6.07, 6.45) is 41.3. The number of rotatable bonds is 60. The van der Waals surface area contributed by atoms with Crippen LogP contribution >= 0.6 is 0 Å². The van der Waals surface area contributed by atoms with Gasteiger partial charge in [0.1, 0.15) is 73.2 Å². The zero-order valence-corrected chi connectivity index (χ0v) is 58.7. The number of allylic oxidation sites excluding steroid dienone is 5. The van der Waals surface area contributed by atoms with Crippen LogP contribution < -0.4 is 5.32 Å². The van der Waals surface area contributed by atoms with Gasteiger partial charge in [-0.25, -0.2) is 0 Å². The molecule has 0 spiro atoms. The largest absolute Gasteiger partial charge is 0.394 e. The molecule has 3 fully saturated rings. The Balaban J connectivity index is 1.42. The first-order chi connectivity index (χ1) is 45.8. The van der Waals surface area contributed by atoms with Gasteiger partial charge in [-0.15, -0.1) is 0 Å². The summed E-state index contributed by atoms with van der Waals surface area (Å²) < 4.78 is 34.4. The molecule has 0 aromatic rings. The minimum atomic E-state index is -1.98. The highest BCUT2D eigenvalue weighted by Gasteiger charge is 2.53. The van der Waals surface area contributed by atoms with Gasteiger partial charge in [0.2, 0.25) is 5.91 Å². The molecule has 1 amide bonds. The summed E-state index contributed by atoms with van der Waals surface area (Å²) >= 11 is 0. The molecule has 12 N–H and O–H groups in total. The van der Waals surface area contributed by atoms with E-state index in [0.29, 0.717) is 12.8 Å². The van der Waals surface area contributed by atoms with E-state index in [1.165, 1.54) is 225 Å². The molecule has 3 aliphatic rings. The lowest BCUT2D eigenvalue weighted by Crippen LogP contribution is -2.66. The standard InChI is InChI=1S/C75H139NO18/c1-3-5-7-9-11-13-15-17-19-21-23-25-27-28-29-31-33-35-37-39-41-43-45-47-49-51-53-63(81)76-58(59(80)52-50-48-46-44-42-40-38-36-34-32-30-26-24-22-20-18-16-14-12-10-8-6-4-2)57-89-73-69(87)66(84)71(61(55-78)91-73)94-75-70(88)67(85)72(62(56-79)92-75)93-74-68(86)65(83)64(82)60(54-77)90-74/h34,36,42,44,50,52,58-62,64-75,77-80,82-88H,3-33,35,37-41,43,45-49,51,53-57H2,1-2H3,(H,76,81)/b36-34+,44-42+,52-50+. The number of carbonyl (C=O) groups is 1. The molecule has 17 atom stereocenters. The van der Waals surface area contributed by atoms with Crippen LogP contribution in [0.5, 0.6) is 0 Å². The molecule has 3 rings (SSSR count). The van der Waals surface area contributed by atoms with Crippen LogP contribution in [0.4, 0.5) is 0 Å². The van der Waals surface area contributed by atoms with Crippen LogP contribution in [0.25, 0.3) is 0 Å². The van der Waals surface area contributed by atoms with Gasteiger partial charge in [-0.05, 0) is 44.9 Å². The van der Waals surface area contributed by atoms with Crippen molar-refractivity contribution in [3.8, 4) is 0 Å². The van der Waals surface area contributed by atoms with Gasteiger partial charge in [-0.2, -0.15) is 0 Å². The van der Waals surface area contributed by atoms with E-state index in [9.17, 15) is 61.0 Å². The Labute approximate surface area is 568 Å². The summed E-state index contributed by atoms with van der Waals surface area (Å²) in [4.78, 5) is 13.4. The van der Waals surface area contributed by atoms with Crippen molar-refractivity contribution in [3.05, 3.63) is 36.5 Å². The van der Waals surface area contributed by atoms with Crippen LogP contribution in [0.1, 0.15) is 303 Å². The predicted octanol–water partition coefficient (Wildman–Crippen LogP) is 11.6. The monoisotopic (exact) mass is 1340 g/mol. The van der Waals surface area contributed by atoms with E-state index >= 15 is 0 Å². The van der Waals surface area contributed by atoms with Gasteiger partial charge in [0, 0.05) is 6.42 Å². The number of unbranched alkanes of at least 4 members (excludes halogenated alkanes) is 40. The second-order valence-corrected chi connectivity index (χ2v) is 27.5. The van der Waals surface area contributed by atoms with E-state index in [0.717, 1.165) is 44.9 Å².